The minimum atomic E-state index is 0.178. The third kappa shape index (κ3) is 3.68. The van der Waals surface area contributed by atoms with Crippen LogP contribution in [0.25, 0.3) is 0 Å². The van der Waals surface area contributed by atoms with Gasteiger partial charge in [-0.05, 0) is 49.9 Å². The van der Waals surface area contributed by atoms with Gasteiger partial charge in [0.1, 0.15) is 12.4 Å². The van der Waals surface area contributed by atoms with Gasteiger partial charge in [-0.1, -0.05) is 6.42 Å². The fourth-order valence-electron chi connectivity index (χ4n) is 3.67. The van der Waals surface area contributed by atoms with E-state index >= 15 is 0 Å². The van der Waals surface area contributed by atoms with E-state index in [2.05, 4.69) is 5.32 Å². The first-order chi connectivity index (χ1) is 10.8. The molecule has 2 unspecified atom stereocenters. The van der Waals surface area contributed by atoms with Gasteiger partial charge in [0.05, 0.1) is 6.61 Å². The Labute approximate surface area is 132 Å². The van der Waals surface area contributed by atoms with Gasteiger partial charge in [0, 0.05) is 30.7 Å². The van der Waals surface area contributed by atoms with E-state index in [4.69, 9.17) is 9.47 Å². The van der Waals surface area contributed by atoms with Crippen LogP contribution in [0.2, 0.25) is 0 Å². The van der Waals surface area contributed by atoms with Crippen LogP contribution < -0.4 is 10.1 Å². The number of methoxy groups -OCH3 is 1. The second-order valence-corrected chi connectivity index (χ2v) is 6.39. The zero-order valence-electron chi connectivity index (χ0n) is 13.2. The molecule has 0 aliphatic carbocycles. The molecule has 0 saturated carbocycles. The summed E-state index contributed by atoms with van der Waals surface area (Å²) in [6, 6.07) is 8.62. The number of hydrogen-bond acceptors (Lipinski definition) is 4. The molecule has 2 bridgehead atoms. The fraction of sp³-hybridized carbons (Fsp3) is 0.611. The first kappa shape index (κ1) is 15.5. The fourth-order valence-corrected chi connectivity index (χ4v) is 3.67. The molecule has 120 valence electrons. The number of carbonyl (C=O) groups is 1. The second kappa shape index (κ2) is 7.25. The van der Waals surface area contributed by atoms with Crippen LogP contribution in [0.15, 0.2) is 24.3 Å². The Hall–Kier alpha value is -1.39. The summed E-state index contributed by atoms with van der Waals surface area (Å²) in [5, 5.41) is 3.64. The molecule has 2 heterocycles. The van der Waals surface area contributed by atoms with Gasteiger partial charge < -0.3 is 14.8 Å². The van der Waals surface area contributed by atoms with Crippen LogP contribution in [0.3, 0.4) is 0 Å². The van der Waals surface area contributed by atoms with Gasteiger partial charge in [-0.2, -0.15) is 0 Å². The van der Waals surface area contributed by atoms with Crippen LogP contribution in [0.1, 0.15) is 42.5 Å². The lowest BCUT2D eigenvalue weighted by molar-refractivity contribution is 0.0825. The summed E-state index contributed by atoms with van der Waals surface area (Å²) in [6.07, 6.45) is 5.71. The van der Waals surface area contributed by atoms with Gasteiger partial charge >= 0.3 is 0 Å². The van der Waals surface area contributed by atoms with Crippen LogP contribution in [0.5, 0.6) is 5.75 Å². The maximum Gasteiger partial charge on any atom is 0.166 e. The molecule has 1 N–H and O–H groups in total. The van der Waals surface area contributed by atoms with Crippen LogP contribution >= 0.6 is 0 Å². The number of hydrogen-bond donors (Lipinski definition) is 1. The third-order valence-electron chi connectivity index (χ3n) is 4.78. The Bertz CT molecular complexity index is 488. The van der Waals surface area contributed by atoms with Crippen LogP contribution in [0.4, 0.5) is 0 Å². The molecule has 0 radical (unpaired) electrons. The van der Waals surface area contributed by atoms with Crippen LogP contribution in [0, 0.1) is 5.92 Å². The summed E-state index contributed by atoms with van der Waals surface area (Å²) >= 11 is 0. The number of carbonyl (C=O) groups excluding carboxylic acids is 1. The van der Waals surface area contributed by atoms with Gasteiger partial charge in [-0.3, -0.25) is 4.79 Å². The summed E-state index contributed by atoms with van der Waals surface area (Å²) in [5.41, 5.74) is 0.809. The largest absolute Gasteiger partial charge is 0.491 e. The number of ketones is 1. The summed E-state index contributed by atoms with van der Waals surface area (Å²) in [5.74, 6) is 1.26. The number of piperidine rings is 2. The second-order valence-electron chi connectivity index (χ2n) is 6.39. The normalized spacial score (nSPS) is 27.4. The quantitative estimate of drug-likeness (QED) is 0.648. The van der Waals surface area contributed by atoms with Gasteiger partial charge in [-0.25, -0.2) is 0 Å². The maximum atomic E-state index is 12.7. The molecule has 2 aliphatic rings. The minimum Gasteiger partial charge on any atom is -0.491 e. The van der Waals surface area contributed by atoms with Crippen molar-refractivity contribution in [3.05, 3.63) is 29.8 Å². The Balaban J connectivity index is 1.60. The summed E-state index contributed by atoms with van der Waals surface area (Å²) in [4.78, 5) is 12.7. The lowest BCUT2D eigenvalue weighted by Gasteiger charge is -2.39. The molecule has 1 aromatic rings. The smallest absolute Gasteiger partial charge is 0.166 e. The molecule has 4 heteroatoms. The van der Waals surface area contributed by atoms with Crippen molar-refractivity contribution in [2.45, 2.75) is 44.2 Å². The van der Waals surface area contributed by atoms with E-state index in [1.54, 1.807) is 7.11 Å². The van der Waals surface area contributed by atoms with Crippen molar-refractivity contribution < 1.29 is 14.3 Å². The van der Waals surface area contributed by atoms with Gasteiger partial charge in [0.2, 0.25) is 0 Å². The summed E-state index contributed by atoms with van der Waals surface area (Å²) in [7, 11) is 1.65. The van der Waals surface area contributed by atoms with Crippen molar-refractivity contribution in [2.24, 2.45) is 5.92 Å². The van der Waals surface area contributed by atoms with Crippen molar-refractivity contribution in [3.8, 4) is 5.75 Å². The molecule has 2 aliphatic heterocycles. The average molecular weight is 303 g/mol. The van der Waals surface area contributed by atoms with E-state index in [9.17, 15) is 4.79 Å². The molecule has 2 saturated heterocycles. The molecular weight excluding hydrogens is 278 g/mol. The molecule has 1 aromatic carbocycles. The number of ether oxygens (including phenoxy) is 2. The van der Waals surface area contributed by atoms with Crippen molar-refractivity contribution in [3.63, 3.8) is 0 Å². The van der Waals surface area contributed by atoms with Gasteiger partial charge in [0.25, 0.3) is 0 Å². The Morgan fingerprint density at radius 2 is 1.82 bits per heavy atom. The van der Waals surface area contributed by atoms with Crippen molar-refractivity contribution >= 4 is 5.78 Å². The molecule has 3 rings (SSSR count). The Morgan fingerprint density at radius 3 is 2.45 bits per heavy atom. The third-order valence-corrected chi connectivity index (χ3v) is 4.78. The number of benzene rings is 1. The highest BCUT2D eigenvalue weighted by Gasteiger charge is 2.34. The molecule has 0 amide bonds. The highest BCUT2D eigenvalue weighted by Crippen LogP contribution is 2.32. The lowest BCUT2D eigenvalue weighted by Crippen LogP contribution is -2.50. The summed E-state index contributed by atoms with van der Waals surface area (Å²) < 4.78 is 10.5. The lowest BCUT2D eigenvalue weighted by atomic mass is 9.77. The predicted octanol–water partition coefficient (Wildman–Crippen LogP) is 2.82. The number of nitrogens with one attached hydrogen (secondary N) is 1. The number of fused-ring (bicyclic) bond motifs is 2. The monoisotopic (exact) mass is 303 g/mol. The first-order valence-electron chi connectivity index (χ1n) is 8.28. The van der Waals surface area contributed by atoms with Crippen LogP contribution in [-0.4, -0.2) is 38.2 Å². The first-order valence-corrected chi connectivity index (χ1v) is 8.28. The molecule has 22 heavy (non-hydrogen) atoms. The molecule has 4 nitrogen and oxygen atoms in total. The molecule has 0 aromatic heterocycles. The van der Waals surface area contributed by atoms with E-state index < -0.39 is 0 Å². The summed E-state index contributed by atoms with van der Waals surface area (Å²) in [6.45, 7) is 1.10. The van der Waals surface area contributed by atoms with Gasteiger partial charge in [0.15, 0.2) is 5.78 Å². The predicted molar refractivity (Wildman–Crippen MR) is 85.4 cm³/mol. The molecule has 0 spiro atoms. The SMILES string of the molecule is COCCOc1ccc(C(=O)C2CC3CCCC(C2)N3)cc1. The number of Topliss-reactive ketones (excluding diaryl/α,β-unsaturated/α-hetero) is 1. The van der Waals surface area contributed by atoms with E-state index in [1.807, 2.05) is 24.3 Å². The Morgan fingerprint density at radius 1 is 1.14 bits per heavy atom. The topological polar surface area (TPSA) is 47.6 Å². The van der Waals surface area contributed by atoms with E-state index in [0.717, 1.165) is 24.2 Å². The van der Waals surface area contributed by atoms with E-state index in [1.165, 1.54) is 19.3 Å². The van der Waals surface area contributed by atoms with Gasteiger partial charge in [-0.15, -0.1) is 0 Å². The zero-order chi connectivity index (χ0) is 15.4. The van der Waals surface area contributed by atoms with Crippen LogP contribution in [-0.2, 0) is 4.74 Å². The Kier molecular flexibility index (Phi) is 5.11. The zero-order valence-corrected chi connectivity index (χ0v) is 13.2. The standard InChI is InChI=1S/C18H25NO3/c1-21-9-10-22-17-7-5-13(6-8-17)18(20)14-11-15-3-2-4-16(12-14)19-15/h5-8,14-16,19H,2-4,9-12H2,1H3. The highest BCUT2D eigenvalue weighted by atomic mass is 16.5. The van der Waals surface area contributed by atoms with E-state index in [-0.39, 0.29) is 5.92 Å². The average Bonchev–Trinajstić information content (AvgIpc) is 2.55. The van der Waals surface area contributed by atoms with E-state index in [0.29, 0.717) is 31.1 Å². The number of rotatable bonds is 6. The molecule has 2 atom stereocenters. The molecular formula is C18H25NO3. The highest BCUT2D eigenvalue weighted by molar-refractivity contribution is 5.98. The maximum absolute atomic E-state index is 12.7. The van der Waals surface area contributed by atoms with Crippen molar-refractivity contribution in [2.75, 3.05) is 20.3 Å². The molecule has 2 fully saturated rings. The van der Waals surface area contributed by atoms with Crippen molar-refractivity contribution in [1.82, 2.24) is 5.32 Å². The van der Waals surface area contributed by atoms with Crippen molar-refractivity contribution in [1.29, 1.82) is 0 Å². The minimum absolute atomic E-state index is 0.178.